The van der Waals surface area contributed by atoms with Crippen LogP contribution in [-0.4, -0.2) is 26.2 Å². The molecule has 0 spiro atoms. The van der Waals surface area contributed by atoms with Crippen molar-refractivity contribution in [2.45, 2.75) is 93.2 Å². The van der Waals surface area contributed by atoms with Crippen LogP contribution in [0.4, 0.5) is 5.82 Å². The van der Waals surface area contributed by atoms with E-state index in [4.69, 9.17) is 14.2 Å². The summed E-state index contributed by atoms with van der Waals surface area (Å²) in [4.78, 5) is 5.12. The fourth-order valence-corrected chi connectivity index (χ4v) is 5.41. The smallest absolute Gasteiger partial charge is 0.141 e. The molecule has 0 atom stereocenters. The molecule has 6 nitrogen and oxygen atoms in total. The summed E-state index contributed by atoms with van der Waals surface area (Å²) in [6, 6.07) is 12.7. The first kappa shape index (κ1) is 26.8. The van der Waals surface area contributed by atoms with Gasteiger partial charge >= 0.3 is 0 Å². The minimum atomic E-state index is -0.0981. The lowest BCUT2D eigenvalue weighted by Crippen LogP contribution is -2.36. The Labute approximate surface area is 221 Å². The highest BCUT2D eigenvalue weighted by Gasteiger charge is 2.28. The number of imidazole rings is 1. The van der Waals surface area contributed by atoms with Crippen LogP contribution in [0.3, 0.4) is 0 Å². The van der Waals surface area contributed by atoms with Crippen molar-refractivity contribution in [2.75, 3.05) is 5.32 Å². The molecule has 0 saturated heterocycles. The molecule has 1 N–H and O–H groups in total. The van der Waals surface area contributed by atoms with Crippen molar-refractivity contribution in [1.82, 2.24) is 14.5 Å². The molecule has 0 aliphatic carbocycles. The molecule has 0 saturated carbocycles. The van der Waals surface area contributed by atoms with Crippen LogP contribution in [0.25, 0.3) is 16.8 Å². The molecule has 4 rings (SSSR count). The molecule has 0 fully saturated rings. The van der Waals surface area contributed by atoms with E-state index in [2.05, 4.69) is 92.1 Å². The molecule has 0 unspecified atom stereocenters. The van der Waals surface area contributed by atoms with Gasteiger partial charge < -0.3 is 14.6 Å². The SMILES string of the molecule is Cc1noc(C)c1-c1ccn2c(NC(C)(C)CC(C)(C)C)c(CCc3ccc(OC(C)C)cc3)nc2c1. The van der Waals surface area contributed by atoms with Crippen molar-refractivity contribution in [3.05, 3.63) is 65.3 Å². The lowest BCUT2D eigenvalue weighted by atomic mass is 9.82. The maximum atomic E-state index is 5.81. The average Bonchev–Trinajstić information content (AvgIpc) is 3.29. The number of pyridine rings is 1. The van der Waals surface area contributed by atoms with Crippen LogP contribution in [-0.2, 0) is 12.8 Å². The number of aromatic nitrogens is 3. The summed E-state index contributed by atoms with van der Waals surface area (Å²) in [7, 11) is 0. The van der Waals surface area contributed by atoms with Crippen LogP contribution >= 0.6 is 0 Å². The minimum Gasteiger partial charge on any atom is -0.491 e. The molecule has 4 aromatic rings. The first-order chi connectivity index (χ1) is 17.3. The zero-order valence-electron chi connectivity index (χ0n) is 23.9. The summed E-state index contributed by atoms with van der Waals surface area (Å²) in [5.74, 6) is 2.79. The van der Waals surface area contributed by atoms with Gasteiger partial charge in [0.15, 0.2) is 0 Å². The maximum Gasteiger partial charge on any atom is 0.141 e. The summed E-state index contributed by atoms with van der Waals surface area (Å²) in [5, 5.41) is 8.00. The number of ether oxygens (including phenoxy) is 1. The Morgan fingerprint density at radius 3 is 2.30 bits per heavy atom. The summed E-state index contributed by atoms with van der Waals surface area (Å²) in [5.41, 5.74) is 6.36. The van der Waals surface area contributed by atoms with Gasteiger partial charge in [-0.25, -0.2) is 4.98 Å². The number of nitrogens with one attached hydrogen (secondary N) is 1. The predicted molar refractivity (Wildman–Crippen MR) is 152 cm³/mol. The van der Waals surface area contributed by atoms with E-state index in [1.54, 1.807) is 0 Å². The third-order valence-electron chi connectivity index (χ3n) is 6.40. The van der Waals surface area contributed by atoms with Crippen LogP contribution in [0, 0.1) is 19.3 Å². The molecular weight excluding hydrogens is 460 g/mol. The predicted octanol–water partition coefficient (Wildman–Crippen LogP) is 7.81. The van der Waals surface area contributed by atoms with Crippen molar-refractivity contribution in [1.29, 1.82) is 0 Å². The van der Waals surface area contributed by atoms with Crippen molar-refractivity contribution in [2.24, 2.45) is 5.41 Å². The molecule has 0 radical (unpaired) electrons. The van der Waals surface area contributed by atoms with Gasteiger partial charge in [0.2, 0.25) is 0 Å². The van der Waals surface area contributed by atoms with Crippen LogP contribution < -0.4 is 10.1 Å². The van der Waals surface area contributed by atoms with Crippen LogP contribution in [0.5, 0.6) is 5.75 Å². The topological polar surface area (TPSA) is 64.6 Å². The number of fused-ring (bicyclic) bond motifs is 1. The van der Waals surface area contributed by atoms with Gasteiger partial charge in [-0.1, -0.05) is 38.1 Å². The standard InChI is InChI=1S/C31H42N4O2/c1-20(2)36-25-13-10-23(11-14-25)12-15-26-29(33-31(8,9)19-30(5,6)7)35-17-16-24(18-27(35)32-26)28-21(3)34-37-22(28)4/h10-11,13-14,16-18,20,33H,12,15,19H2,1-9H3. The van der Waals surface area contributed by atoms with Crippen molar-refractivity contribution in [3.8, 4) is 16.9 Å². The Morgan fingerprint density at radius 1 is 1.00 bits per heavy atom. The highest BCUT2D eigenvalue weighted by atomic mass is 16.5. The fourth-order valence-electron chi connectivity index (χ4n) is 5.41. The second-order valence-corrected chi connectivity index (χ2v) is 12.3. The number of rotatable bonds is 9. The second-order valence-electron chi connectivity index (χ2n) is 12.3. The second kappa shape index (κ2) is 10.2. The average molecular weight is 503 g/mol. The maximum absolute atomic E-state index is 5.81. The number of nitrogens with zero attached hydrogens (tertiary/aromatic N) is 3. The molecule has 0 amide bonds. The van der Waals surface area contributed by atoms with Gasteiger partial charge in [-0.2, -0.15) is 0 Å². The largest absolute Gasteiger partial charge is 0.491 e. The van der Waals surface area contributed by atoms with Crippen LogP contribution in [0.1, 0.15) is 77.6 Å². The summed E-state index contributed by atoms with van der Waals surface area (Å²) >= 11 is 0. The first-order valence-electron chi connectivity index (χ1n) is 13.3. The summed E-state index contributed by atoms with van der Waals surface area (Å²) < 4.78 is 13.4. The molecule has 3 aromatic heterocycles. The van der Waals surface area contributed by atoms with Gasteiger partial charge in [0, 0.05) is 17.3 Å². The van der Waals surface area contributed by atoms with E-state index in [-0.39, 0.29) is 17.1 Å². The number of hydrogen-bond donors (Lipinski definition) is 1. The minimum absolute atomic E-state index is 0.0981. The number of aryl methyl sites for hydroxylation is 4. The quantitative estimate of drug-likeness (QED) is 0.253. The fraction of sp³-hybridized carbons (Fsp3) is 0.484. The van der Waals surface area contributed by atoms with Gasteiger partial charge in [0.25, 0.3) is 0 Å². The van der Waals surface area contributed by atoms with Crippen LogP contribution in [0.2, 0.25) is 0 Å². The normalized spacial score (nSPS) is 12.5. The molecule has 0 aliphatic heterocycles. The van der Waals surface area contributed by atoms with E-state index in [1.807, 2.05) is 27.7 Å². The van der Waals surface area contributed by atoms with Gasteiger partial charge in [0.1, 0.15) is 23.0 Å². The van der Waals surface area contributed by atoms with E-state index in [9.17, 15) is 0 Å². The lowest BCUT2D eigenvalue weighted by molar-refractivity contribution is 0.242. The molecule has 0 aliphatic rings. The molecule has 0 bridgehead atoms. The van der Waals surface area contributed by atoms with E-state index < -0.39 is 0 Å². The van der Waals surface area contributed by atoms with E-state index in [0.29, 0.717) is 0 Å². The van der Waals surface area contributed by atoms with Crippen molar-refractivity contribution < 1.29 is 9.26 Å². The van der Waals surface area contributed by atoms with Gasteiger partial charge in [-0.05, 0) is 102 Å². The Balaban J connectivity index is 1.68. The Hall–Kier alpha value is -3.28. The molecule has 3 heterocycles. The zero-order valence-corrected chi connectivity index (χ0v) is 23.9. The van der Waals surface area contributed by atoms with Crippen molar-refractivity contribution >= 4 is 11.5 Å². The molecule has 37 heavy (non-hydrogen) atoms. The molecule has 1 aromatic carbocycles. The Morgan fingerprint density at radius 2 is 1.70 bits per heavy atom. The van der Waals surface area contributed by atoms with E-state index in [1.165, 1.54) is 5.56 Å². The monoisotopic (exact) mass is 502 g/mol. The summed E-state index contributed by atoms with van der Waals surface area (Å²) in [6.07, 6.45) is 5.04. The molecular formula is C31H42N4O2. The molecule has 6 heteroatoms. The third-order valence-corrected chi connectivity index (χ3v) is 6.40. The number of anilines is 1. The lowest BCUT2D eigenvalue weighted by Gasteiger charge is -2.34. The van der Waals surface area contributed by atoms with Gasteiger partial charge in [0.05, 0.1) is 17.5 Å². The summed E-state index contributed by atoms with van der Waals surface area (Å²) in [6.45, 7) is 19.4. The van der Waals surface area contributed by atoms with Crippen LogP contribution in [0.15, 0.2) is 47.1 Å². The first-order valence-corrected chi connectivity index (χ1v) is 13.3. The number of hydrogen-bond acceptors (Lipinski definition) is 5. The van der Waals surface area contributed by atoms with Crippen molar-refractivity contribution in [3.63, 3.8) is 0 Å². The van der Waals surface area contributed by atoms with Gasteiger partial charge in [-0.15, -0.1) is 0 Å². The number of benzene rings is 1. The highest BCUT2D eigenvalue weighted by Crippen LogP contribution is 2.33. The zero-order chi connectivity index (χ0) is 27.0. The van der Waals surface area contributed by atoms with Gasteiger partial charge in [-0.3, -0.25) is 4.40 Å². The third kappa shape index (κ3) is 6.54. The molecule has 198 valence electrons. The van der Waals surface area contributed by atoms with E-state index >= 15 is 0 Å². The highest BCUT2D eigenvalue weighted by molar-refractivity contribution is 5.72. The Bertz CT molecular complexity index is 1340. The van der Waals surface area contributed by atoms with E-state index in [0.717, 1.165) is 64.8 Å². The Kier molecular flexibility index (Phi) is 7.40.